The van der Waals surface area contributed by atoms with E-state index in [9.17, 15) is 5.11 Å². The topological polar surface area (TPSA) is 23.5 Å². The van der Waals surface area contributed by atoms with E-state index in [0.717, 1.165) is 31.4 Å². The predicted octanol–water partition coefficient (Wildman–Crippen LogP) is 2.11. The SMILES string of the molecule is CC(C)C(CBr)CN1CCC(C)(O)C1. The molecule has 0 bridgehead atoms. The molecule has 2 atom stereocenters. The highest BCUT2D eigenvalue weighted by molar-refractivity contribution is 9.09. The van der Waals surface area contributed by atoms with Crippen LogP contribution in [0.1, 0.15) is 27.2 Å². The van der Waals surface area contributed by atoms with Crippen LogP contribution in [0.3, 0.4) is 0 Å². The Balaban J connectivity index is 2.38. The van der Waals surface area contributed by atoms with Gasteiger partial charge in [0, 0.05) is 25.0 Å². The average Bonchev–Trinajstić information content (AvgIpc) is 2.41. The molecule has 1 aliphatic rings. The van der Waals surface area contributed by atoms with E-state index in [2.05, 4.69) is 34.7 Å². The molecule has 84 valence electrons. The van der Waals surface area contributed by atoms with Crippen LogP contribution in [0.4, 0.5) is 0 Å². The highest BCUT2D eigenvalue weighted by Gasteiger charge is 2.32. The van der Waals surface area contributed by atoms with Gasteiger partial charge in [0.25, 0.3) is 0 Å². The lowest BCUT2D eigenvalue weighted by molar-refractivity contribution is 0.0661. The summed E-state index contributed by atoms with van der Waals surface area (Å²) in [5.74, 6) is 1.41. The van der Waals surface area contributed by atoms with Crippen molar-refractivity contribution in [1.29, 1.82) is 0 Å². The van der Waals surface area contributed by atoms with Gasteiger partial charge < -0.3 is 10.0 Å². The summed E-state index contributed by atoms with van der Waals surface area (Å²) in [6, 6.07) is 0. The minimum Gasteiger partial charge on any atom is -0.389 e. The van der Waals surface area contributed by atoms with Gasteiger partial charge in [0.2, 0.25) is 0 Å². The highest BCUT2D eigenvalue weighted by atomic mass is 79.9. The first-order valence-corrected chi connectivity index (χ1v) is 6.57. The second-order valence-electron chi connectivity index (χ2n) is 5.14. The van der Waals surface area contributed by atoms with Gasteiger partial charge in [-0.15, -0.1) is 0 Å². The van der Waals surface area contributed by atoms with E-state index >= 15 is 0 Å². The van der Waals surface area contributed by atoms with Gasteiger partial charge in [-0.1, -0.05) is 29.8 Å². The zero-order chi connectivity index (χ0) is 10.8. The maximum atomic E-state index is 9.84. The Morgan fingerprint density at radius 2 is 2.14 bits per heavy atom. The Kier molecular flexibility index (Phi) is 4.41. The van der Waals surface area contributed by atoms with Gasteiger partial charge in [-0.3, -0.25) is 0 Å². The molecule has 0 aliphatic carbocycles. The van der Waals surface area contributed by atoms with Gasteiger partial charge in [-0.25, -0.2) is 0 Å². The van der Waals surface area contributed by atoms with Crippen LogP contribution in [-0.4, -0.2) is 40.6 Å². The van der Waals surface area contributed by atoms with Crippen molar-refractivity contribution in [3.05, 3.63) is 0 Å². The molecule has 2 nitrogen and oxygen atoms in total. The number of rotatable bonds is 4. The summed E-state index contributed by atoms with van der Waals surface area (Å²) in [5.41, 5.74) is -0.451. The normalized spacial score (nSPS) is 31.3. The van der Waals surface area contributed by atoms with Gasteiger partial charge in [-0.05, 0) is 25.2 Å². The lowest BCUT2D eigenvalue weighted by atomic mass is 9.97. The van der Waals surface area contributed by atoms with Crippen LogP contribution in [0, 0.1) is 11.8 Å². The molecule has 0 radical (unpaired) electrons. The number of likely N-dealkylation sites (tertiary alicyclic amines) is 1. The Bertz CT molecular complexity index is 182. The fourth-order valence-corrected chi connectivity index (χ4v) is 2.92. The Labute approximate surface area is 95.8 Å². The molecule has 0 aromatic heterocycles. The molecule has 1 N–H and O–H groups in total. The molecule has 0 spiro atoms. The number of halogens is 1. The minimum absolute atomic E-state index is 0.451. The third-order valence-electron chi connectivity index (χ3n) is 3.16. The first kappa shape index (κ1) is 12.5. The van der Waals surface area contributed by atoms with Crippen molar-refractivity contribution < 1.29 is 5.11 Å². The summed E-state index contributed by atoms with van der Waals surface area (Å²) >= 11 is 3.56. The summed E-state index contributed by atoms with van der Waals surface area (Å²) < 4.78 is 0. The van der Waals surface area contributed by atoms with Crippen molar-refractivity contribution in [2.75, 3.05) is 25.0 Å². The van der Waals surface area contributed by atoms with E-state index in [0.29, 0.717) is 11.8 Å². The van der Waals surface area contributed by atoms with Crippen LogP contribution in [0.2, 0.25) is 0 Å². The number of alkyl halides is 1. The maximum Gasteiger partial charge on any atom is 0.0758 e. The van der Waals surface area contributed by atoms with Gasteiger partial charge >= 0.3 is 0 Å². The molecule has 1 fully saturated rings. The van der Waals surface area contributed by atoms with Crippen molar-refractivity contribution in [2.24, 2.45) is 11.8 Å². The van der Waals surface area contributed by atoms with Crippen LogP contribution >= 0.6 is 15.9 Å². The summed E-state index contributed by atoms with van der Waals surface area (Å²) in [6.07, 6.45) is 0.917. The Hall–Kier alpha value is 0.400. The van der Waals surface area contributed by atoms with Crippen molar-refractivity contribution >= 4 is 15.9 Å². The number of hydrogen-bond donors (Lipinski definition) is 1. The summed E-state index contributed by atoms with van der Waals surface area (Å²) in [4.78, 5) is 2.38. The molecule has 1 aliphatic heterocycles. The molecular weight excluding hydrogens is 242 g/mol. The summed E-state index contributed by atoms with van der Waals surface area (Å²) in [7, 11) is 0. The smallest absolute Gasteiger partial charge is 0.0758 e. The number of hydrogen-bond acceptors (Lipinski definition) is 2. The second kappa shape index (κ2) is 4.95. The molecule has 2 unspecified atom stereocenters. The number of β-amino-alcohol motifs (C(OH)–C–C–N with tert-alkyl or cyclic N) is 1. The molecule has 1 heterocycles. The van der Waals surface area contributed by atoms with Crippen LogP contribution in [0.15, 0.2) is 0 Å². The van der Waals surface area contributed by atoms with Crippen molar-refractivity contribution in [3.63, 3.8) is 0 Å². The lowest BCUT2D eigenvalue weighted by Gasteiger charge is -2.25. The first-order valence-electron chi connectivity index (χ1n) is 5.45. The number of nitrogens with zero attached hydrogens (tertiary/aromatic N) is 1. The van der Waals surface area contributed by atoms with Crippen molar-refractivity contribution in [1.82, 2.24) is 4.90 Å². The largest absolute Gasteiger partial charge is 0.389 e. The van der Waals surface area contributed by atoms with Crippen LogP contribution < -0.4 is 0 Å². The Morgan fingerprint density at radius 1 is 1.50 bits per heavy atom. The van der Waals surface area contributed by atoms with E-state index < -0.39 is 5.60 Å². The minimum atomic E-state index is -0.451. The standard InChI is InChI=1S/C11H22BrNO/c1-9(2)10(6-12)7-13-5-4-11(3,14)8-13/h9-10,14H,4-8H2,1-3H3. The zero-order valence-electron chi connectivity index (χ0n) is 9.46. The van der Waals surface area contributed by atoms with Gasteiger partial charge in [-0.2, -0.15) is 0 Å². The molecule has 1 rings (SSSR count). The molecule has 1 saturated heterocycles. The van der Waals surface area contributed by atoms with E-state index in [1.807, 2.05) is 6.92 Å². The van der Waals surface area contributed by atoms with Gasteiger partial charge in [0.05, 0.1) is 5.60 Å². The van der Waals surface area contributed by atoms with E-state index in [1.165, 1.54) is 0 Å². The van der Waals surface area contributed by atoms with E-state index in [-0.39, 0.29) is 0 Å². The quantitative estimate of drug-likeness (QED) is 0.786. The van der Waals surface area contributed by atoms with E-state index in [4.69, 9.17) is 0 Å². The zero-order valence-corrected chi connectivity index (χ0v) is 11.0. The Morgan fingerprint density at radius 3 is 2.50 bits per heavy atom. The molecule has 0 saturated carbocycles. The monoisotopic (exact) mass is 263 g/mol. The maximum absolute atomic E-state index is 9.84. The van der Waals surface area contributed by atoms with Crippen LogP contribution in [0.25, 0.3) is 0 Å². The first-order chi connectivity index (χ1) is 6.44. The fraction of sp³-hybridized carbons (Fsp3) is 1.00. The summed E-state index contributed by atoms with van der Waals surface area (Å²) in [6.45, 7) is 9.46. The van der Waals surface area contributed by atoms with Gasteiger partial charge in [0.1, 0.15) is 0 Å². The molecule has 0 aromatic rings. The molecule has 3 heteroatoms. The highest BCUT2D eigenvalue weighted by Crippen LogP contribution is 2.23. The fourth-order valence-electron chi connectivity index (χ4n) is 1.96. The molecular formula is C11H22BrNO. The molecule has 0 aromatic carbocycles. The molecule has 0 amide bonds. The van der Waals surface area contributed by atoms with Gasteiger partial charge in [0.15, 0.2) is 0 Å². The average molecular weight is 264 g/mol. The predicted molar refractivity (Wildman–Crippen MR) is 63.8 cm³/mol. The summed E-state index contributed by atoms with van der Waals surface area (Å²) in [5, 5.41) is 10.9. The third-order valence-corrected chi connectivity index (χ3v) is 4.00. The second-order valence-corrected chi connectivity index (χ2v) is 5.79. The van der Waals surface area contributed by atoms with Crippen molar-refractivity contribution in [2.45, 2.75) is 32.8 Å². The lowest BCUT2D eigenvalue weighted by Crippen LogP contribution is -2.34. The van der Waals surface area contributed by atoms with Crippen LogP contribution in [0.5, 0.6) is 0 Å². The molecule has 14 heavy (non-hydrogen) atoms. The third kappa shape index (κ3) is 3.52. The van der Waals surface area contributed by atoms with Crippen molar-refractivity contribution in [3.8, 4) is 0 Å². The number of aliphatic hydroxyl groups is 1. The van der Waals surface area contributed by atoms with Crippen LogP contribution in [-0.2, 0) is 0 Å². The van der Waals surface area contributed by atoms with E-state index in [1.54, 1.807) is 0 Å².